The molecule has 7 atom stereocenters. The van der Waals surface area contributed by atoms with Crippen LogP contribution in [0.25, 0.3) is 0 Å². The van der Waals surface area contributed by atoms with Crippen LogP contribution in [0.4, 0.5) is 0 Å². The Hall–Kier alpha value is -5.77. The third-order valence-electron chi connectivity index (χ3n) is 10.2. The lowest BCUT2D eigenvalue weighted by Gasteiger charge is -2.31. The summed E-state index contributed by atoms with van der Waals surface area (Å²) in [4.78, 5) is 89.8. The normalized spacial score (nSPS) is 17.1. The highest BCUT2D eigenvalue weighted by atomic mass is 16.4. The number of aromatic hydroxyl groups is 1. The van der Waals surface area contributed by atoms with Gasteiger partial charge in [0.25, 0.3) is 0 Å². The van der Waals surface area contributed by atoms with Gasteiger partial charge in [0.1, 0.15) is 36.0 Å². The minimum Gasteiger partial charge on any atom is -0.508 e. The van der Waals surface area contributed by atoms with Gasteiger partial charge in [-0.15, -0.1) is 0 Å². The summed E-state index contributed by atoms with van der Waals surface area (Å²) in [5.74, 6) is -4.49. The van der Waals surface area contributed by atoms with E-state index in [2.05, 4.69) is 31.2 Å². The van der Waals surface area contributed by atoms with E-state index in [4.69, 9.17) is 5.73 Å². The second kappa shape index (κ2) is 20.9. The summed E-state index contributed by atoms with van der Waals surface area (Å²) in [7, 11) is 0. The van der Waals surface area contributed by atoms with Gasteiger partial charge in [0, 0.05) is 37.7 Å². The molecule has 308 valence electrons. The van der Waals surface area contributed by atoms with Crippen LogP contribution in [-0.2, 0) is 48.0 Å². The molecule has 0 bridgehead atoms. The average Bonchev–Trinajstić information content (AvgIpc) is 3.89. The number of likely N-dealkylation sites (tertiary alicyclic amines) is 1. The summed E-state index contributed by atoms with van der Waals surface area (Å²) in [6.07, 6.45) is 4.63. The number of H-pyrrole nitrogens is 1. The van der Waals surface area contributed by atoms with Crippen molar-refractivity contribution in [2.45, 2.75) is 109 Å². The number of phenolic OH excluding ortho intramolecular Hbond substituents is 1. The number of aromatic nitrogens is 2. The van der Waals surface area contributed by atoms with Gasteiger partial charge in [0.2, 0.25) is 29.5 Å². The molecule has 2 aromatic carbocycles. The van der Waals surface area contributed by atoms with E-state index < -0.39 is 77.7 Å². The van der Waals surface area contributed by atoms with E-state index in [-0.39, 0.29) is 37.5 Å². The van der Waals surface area contributed by atoms with Crippen LogP contribution in [0, 0.1) is 11.8 Å². The number of phenols is 1. The van der Waals surface area contributed by atoms with Crippen molar-refractivity contribution in [3.63, 3.8) is 0 Å². The molecule has 9 N–H and O–H groups in total. The van der Waals surface area contributed by atoms with Crippen molar-refractivity contribution in [3.05, 3.63) is 83.9 Å². The third-order valence-corrected chi connectivity index (χ3v) is 10.2. The molecular weight excluding hydrogens is 732 g/mol. The maximum absolute atomic E-state index is 14.3. The summed E-state index contributed by atoms with van der Waals surface area (Å²) < 4.78 is 0. The van der Waals surface area contributed by atoms with Crippen LogP contribution in [0.2, 0.25) is 0 Å². The van der Waals surface area contributed by atoms with Gasteiger partial charge in [0.15, 0.2) is 0 Å². The lowest BCUT2D eigenvalue weighted by molar-refractivity contribution is -0.145. The maximum atomic E-state index is 14.3. The molecule has 16 nitrogen and oxygen atoms in total. The van der Waals surface area contributed by atoms with Gasteiger partial charge < -0.3 is 47.1 Å². The maximum Gasteiger partial charge on any atom is 0.326 e. The number of hydrogen-bond acceptors (Lipinski definition) is 9. The van der Waals surface area contributed by atoms with E-state index >= 15 is 0 Å². The molecule has 1 saturated heterocycles. The minimum atomic E-state index is -1.23. The summed E-state index contributed by atoms with van der Waals surface area (Å²) in [6.45, 7) is 7.67. The Morgan fingerprint density at radius 3 is 2.11 bits per heavy atom. The largest absolute Gasteiger partial charge is 0.508 e. The molecular formula is C41H56N8O8. The van der Waals surface area contributed by atoms with Gasteiger partial charge in [0.05, 0.1) is 12.4 Å². The van der Waals surface area contributed by atoms with Crippen molar-refractivity contribution in [2.75, 3.05) is 6.54 Å². The van der Waals surface area contributed by atoms with Gasteiger partial charge in [-0.05, 0) is 54.4 Å². The number of aromatic amines is 1. The van der Waals surface area contributed by atoms with Gasteiger partial charge in [-0.2, -0.15) is 0 Å². The van der Waals surface area contributed by atoms with Crippen LogP contribution in [0.3, 0.4) is 0 Å². The zero-order chi connectivity index (χ0) is 41.6. The molecule has 4 rings (SSSR count). The summed E-state index contributed by atoms with van der Waals surface area (Å²) in [5.41, 5.74) is 8.04. The Morgan fingerprint density at radius 2 is 1.49 bits per heavy atom. The number of carboxylic acid groups (broad SMARTS) is 1. The Balaban J connectivity index is 1.55. The Morgan fingerprint density at radius 1 is 0.842 bits per heavy atom. The van der Waals surface area contributed by atoms with Gasteiger partial charge >= 0.3 is 5.97 Å². The second-order valence-corrected chi connectivity index (χ2v) is 15.2. The Labute approximate surface area is 332 Å². The van der Waals surface area contributed by atoms with Gasteiger partial charge in [-0.3, -0.25) is 24.0 Å². The van der Waals surface area contributed by atoms with E-state index in [0.717, 1.165) is 5.56 Å². The fraction of sp³-hybridized carbons (Fsp3) is 0.488. The van der Waals surface area contributed by atoms with Crippen LogP contribution in [0.1, 0.15) is 70.2 Å². The molecule has 1 unspecified atom stereocenters. The van der Waals surface area contributed by atoms with Crippen molar-refractivity contribution < 1.29 is 39.0 Å². The fourth-order valence-corrected chi connectivity index (χ4v) is 6.83. The Bertz CT molecular complexity index is 1800. The SMILES string of the molecule is CCC(C)[C@H](NC(=O)[C@H](Cc1ccc(O)cc1)NC(=O)[C@@H](N)CC(C)C)C(=O)N[C@@H](Cc1cnc[nH]1)C(=O)N1CCC[C@H]1C(=O)N[C@@H](Cc1ccccc1)C(=O)O. The number of rotatable bonds is 20. The van der Waals surface area contributed by atoms with Gasteiger partial charge in [-0.25, -0.2) is 9.78 Å². The minimum absolute atomic E-state index is 0.0182. The predicted molar refractivity (Wildman–Crippen MR) is 211 cm³/mol. The first-order valence-electron chi connectivity index (χ1n) is 19.5. The number of carboxylic acids is 1. The highest BCUT2D eigenvalue weighted by Crippen LogP contribution is 2.21. The summed E-state index contributed by atoms with van der Waals surface area (Å²) in [6, 6.07) is 8.50. The average molecular weight is 789 g/mol. The number of benzene rings is 2. The molecule has 0 spiro atoms. The number of carbonyl (C=O) groups is 6. The highest BCUT2D eigenvalue weighted by Gasteiger charge is 2.40. The number of amides is 5. The van der Waals surface area contributed by atoms with Crippen LogP contribution < -0.4 is 27.0 Å². The molecule has 1 fully saturated rings. The number of nitrogens with zero attached hydrogens (tertiary/aromatic N) is 2. The first-order chi connectivity index (χ1) is 27.2. The monoisotopic (exact) mass is 788 g/mol. The number of nitrogens with one attached hydrogen (secondary N) is 5. The molecule has 1 aromatic heterocycles. The number of nitrogens with two attached hydrogens (primary N) is 1. The van der Waals surface area contributed by atoms with Crippen LogP contribution in [-0.4, -0.2) is 103 Å². The lowest BCUT2D eigenvalue weighted by atomic mass is 9.96. The third kappa shape index (κ3) is 12.9. The molecule has 16 heteroatoms. The molecule has 2 heterocycles. The predicted octanol–water partition coefficient (Wildman–Crippen LogP) is 1.58. The van der Waals surface area contributed by atoms with E-state index in [0.29, 0.717) is 36.9 Å². The second-order valence-electron chi connectivity index (χ2n) is 15.2. The zero-order valence-corrected chi connectivity index (χ0v) is 32.9. The van der Waals surface area contributed by atoms with Crippen LogP contribution in [0.5, 0.6) is 5.75 Å². The topological polar surface area (TPSA) is 249 Å². The molecule has 57 heavy (non-hydrogen) atoms. The van der Waals surface area contributed by atoms with Crippen molar-refractivity contribution in [2.24, 2.45) is 17.6 Å². The Kier molecular flexibility index (Phi) is 16.2. The number of hydrogen-bond donors (Lipinski definition) is 8. The van der Waals surface area contributed by atoms with E-state index in [1.165, 1.54) is 29.6 Å². The van der Waals surface area contributed by atoms with Crippen molar-refractivity contribution >= 4 is 35.5 Å². The molecule has 1 aliphatic heterocycles. The smallest absolute Gasteiger partial charge is 0.326 e. The first kappa shape index (κ1) is 44.0. The number of aliphatic carboxylic acids is 1. The zero-order valence-electron chi connectivity index (χ0n) is 32.9. The summed E-state index contributed by atoms with van der Waals surface area (Å²) >= 11 is 0. The van der Waals surface area contributed by atoms with Crippen LogP contribution in [0.15, 0.2) is 67.1 Å². The lowest BCUT2D eigenvalue weighted by Crippen LogP contribution is -2.61. The number of carbonyl (C=O) groups excluding carboxylic acids is 5. The molecule has 5 amide bonds. The summed E-state index contributed by atoms with van der Waals surface area (Å²) in [5, 5.41) is 30.7. The first-order valence-corrected chi connectivity index (χ1v) is 19.5. The fourth-order valence-electron chi connectivity index (χ4n) is 6.83. The van der Waals surface area contributed by atoms with E-state index in [1.807, 2.05) is 20.8 Å². The van der Waals surface area contributed by atoms with E-state index in [9.17, 15) is 39.0 Å². The van der Waals surface area contributed by atoms with Crippen molar-refractivity contribution in [1.29, 1.82) is 0 Å². The van der Waals surface area contributed by atoms with Gasteiger partial charge in [-0.1, -0.05) is 76.6 Å². The van der Waals surface area contributed by atoms with Crippen LogP contribution >= 0.6 is 0 Å². The molecule has 0 radical (unpaired) electrons. The molecule has 3 aromatic rings. The molecule has 1 aliphatic rings. The van der Waals surface area contributed by atoms with E-state index in [1.54, 1.807) is 49.4 Å². The molecule has 0 aliphatic carbocycles. The number of imidazole rings is 1. The standard InChI is InChI=1S/C41H56N8O8/c1-5-25(4)35(48-37(52)31(19-27-13-15-29(50)16-14-27)45-36(51)30(42)18-24(2)3)39(54)46-32(21-28-22-43-23-44-28)40(55)49-17-9-12-34(49)38(53)47-33(41(56)57)20-26-10-7-6-8-11-26/h6-8,10-11,13-16,22-25,30-35,50H,5,9,12,17-21,42H2,1-4H3,(H,43,44)(H,45,51)(H,46,54)(H,47,53)(H,48,52)(H,56,57)/t25?,30-,31-,32-,33-,34-,35-/m0/s1. The van der Waals surface area contributed by atoms with Crippen molar-refractivity contribution in [3.8, 4) is 5.75 Å². The highest BCUT2D eigenvalue weighted by molar-refractivity contribution is 5.97. The quantitative estimate of drug-likeness (QED) is 0.0821. The van der Waals surface area contributed by atoms with Crippen molar-refractivity contribution in [1.82, 2.24) is 36.1 Å². The molecule has 0 saturated carbocycles.